The van der Waals surface area contributed by atoms with Crippen LogP contribution >= 0.6 is 0 Å². The largest absolute Gasteiger partial charge is 0.473 e. The fourth-order valence-electron chi connectivity index (χ4n) is 1.98. The Bertz CT molecular complexity index is 605. The van der Waals surface area contributed by atoms with Gasteiger partial charge in [0.25, 0.3) is 0 Å². The summed E-state index contributed by atoms with van der Waals surface area (Å²) in [4.78, 5) is 4.23. The van der Waals surface area contributed by atoms with Gasteiger partial charge in [-0.25, -0.2) is 4.98 Å². The maximum Gasteiger partial charge on any atom is 0.237 e. The number of anilines is 1. The zero-order valence-corrected chi connectivity index (χ0v) is 12.3. The quantitative estimate of drug-likeness (QED) is 0.879. The Morgan fingerprint density at radius 2 is 1.95 bits per heavy atom. The van der Waals surface area contributed by atoms with Crippen LogP contribution in [0.25, 0.3) is 0 Å². The Morgan fingerprint density at radius 1 is 1.19 bits per heavy atom. The summed E-state index contributed by atoms with van der Waals surface area (Å²) in [6, 6.07) is 15.8. The van der Waals surface area contributed by atoms with Gasteiger partial charge in [-0.1, -0.05) is 30.3 Å². The van der Waals surface area contributed by atoms with Gasteiger partial charge in [0, 0.05) is 12.7 Å². The van der Waals surface area contributed by atoms with E-state index in [1.807, 2.05) is 56.3 Å². The molecule has 1 heterocycles. The first-order valence-electron chi connectivity index (χ1n) is 7.01. The molecular formula is C17H19N3O. The van der Waals surface area contributed by atoms with Gasteiger partial charge in [-0.05, 0) is 31.5 Å². The van der Waals surface area contributed by atoms with Crippen molar-refractivity contribution in [3.05, 3.63) is 54.2 Å². The van der Waals surface area contributed by atoms with E-state index in [1.54, 1.807) is 6.20 Å². The molecule has 1 atom stereocenters. The van der Waals surface area contributed by atoms with Gasteiger partial charge in [-0.15, -0.1) is 0 Å². The predicted molar refractivity (Wildman–Crippen MR) is 83.3 cm³/mol. The van der Waals surface area contributed by atoms with E-state index in [1.165, 1.54) is 0 Å². The van der Waals surface area contributed by atoms with Gasteiger partial charge in [0.05, 0.1) is 23.8 Å². The van der Waals surface area contributed by atoms with Crippen LogP contribution in [0, 0.1) is 11.3 Å². The van der Waals surface area contributed by atoms with E-state index in [4.69, 9.17) is 4.74 Å². The van der Waals surface area contributed by atoms with Crippen molar-refractivity contribution < 1.29 is 4.74 Å². The summed E-state index contributed by atoms with van der Waals surface area (Å²) < 4.78 is 5.66. The molecule has 2 aromatic rings. The molecule has 4 heteroatoms. The molecule has 0 radical (unpaired) electrons. The average Bonchev–Trinajstić information content (AvgIpc) is 2.50. The summed E-state index contributed by atoms with van der Waals surface area (Å²) in [7, 11) is 0. The summed E-state index contributed by atoms with van der Waals surface area (Å²) in [5.41, 5.74) is 1.81. The first-order valence-corrected chi connectivity index (χ1v) is 7.01. The highest BCUT2D eigenvalue weighted by molar-refractivity contribution is 5.52. The summed E-state index contributed by atoms with van der Waals surface area (Å²) >= 11 is 0. The number of benzene rings is 1. The lowest BCUT2D eigenvalue weighted by molar-refractivity contribution is 0.234. The van der Waals surface area contributed by atoms with Crippen LogP contribution in [0.4, 0.5) is 5.69 Å². The van der Waals surface area contributed by atoms with E-state index in [9.17, 15) is 5.26 Å². The second kappa shape index (κ2) is 7.30. The molecule has 0 fully saturated rings. The third-order valence-corrected chi connectivity index (χ3v) is 2.97. The fraction of sp³-hybridized carbons (Fsp3) is 0.294. The third-order valence-electron chi connectivity index (χ3n) is 2.97. The predicted octanol–water partition coefficient (Wildman–Crippen LogP) is 3.59. The number of nitrogens with zero attached hydrogens (tertiary/aromatic N) is 2. The topological polar surface area (TPSA) is 57.9 Å². The second-order valence-corrected chi connectivity index (χ2v) is 5.00. The first-order chi connectivity index (χ1) is 10.2. The molecule has 21 heavy (non-hydrogen) atoms. The van der Waals surface area contributed by atoms with Gasteiger partial charge in [0.15, 0.2) is 0 Å². The first kappa shape index (κ1) is 14.9. The van der Waals surface area contributed by atoms with Crippen LogP contribution in [-0.2, 0) is 0 Å². The van der Waals surface area contributed by atoms with Crippen LogP contribution in [0.5, 0.6) is 5.88 Å². The molecule has 0 aliphatic heterocycles. The van der Waals surface area contributed by atoms with E-state index < -0.39 is 0 Å². The van der Waals surface area contributed by atoms with Gasteiger partial charge < -0.3 is 10.1 Å². The van der Waals surface area contributed by atoms with E-state index in [-0.39, 0.29) is 12.0 Å². The SMILES string of the molecule is CC(C)Oc1ncccc1NCC(C#N)c1ccccc1. The number of aromatic nitrogens is 1. The van der Waals surface area contributed by atoms with Gasteiger partial charge in [0.1, 0.15) is 0 Å². The zero-order valence-electron chi connectivity index (χ0n) is 12.3. The smallest absolute Gasteiger partial charge is 0.237 e. The average molecular weight is 281 g/mol. The highest BCUT2D eigenvalue weighted by atomic mass is 16.5. The van der Waals surface area contributed by atoms with Crippen molar-refractivity contribution in [3.8, 4) is 11.9 Å². The van der Waals surface area contributed by atoms with Gasteiger partial charge in [-0.3, -0.25) is 0 Å². The van der Waals surface area contributed by atoms with Crippen molar-refractivity contribution >= 4 is 5.69 Å². The van der Waals surface area contributed by atoms with Crippen LogP contribution in [0.3, 0.4) is 0 Å². The molecule has 0 amide bonds. The lowest BCUT2D eigenvalue weighted by Crippen LogP contribution is -2.14. The number of hydrogen-bond acceptors (Lipinski definition) is 4. The monoisotopic (exact) mass is 281 g/mol. The summed E-state index contributed by atoms with van der Waals surface area (Å²) in [6.07, 6.45) is 1.75. The Labute approximate surface area is 125 Å². The lowest BCUT2D eigenvalue weighted by atomic mass is 10.0. The minimum absolute atomic E-state index is 0.0568. The molecule has 0 saturated heterocycles. The minimum atomic E-state index is -0.210. The van der Waals surface area contributed by atoms with Crippen LogP contribution in [0.2, 0.25) is 0 Å². The molecular weight excluding hydrogens is 262 g/mol. The van der Waals surface area contributed by atoms with Crippen LogP contribution in [-0.4, -0.2) is 17.6 Å². The van der Waals surface area contributed by atoms with E-state index in [0.29, 0.717) is 12.4 Å². The second-order valence-electron chi connectivity index (χ2n) is 5.00. The molecule has 108 valence electrons. The Kier molecular flexibility index (Phi) is 5.16. The number of nitriles is 1. The van der Waals surface area contributed by atoms with Crippen molar-refractivity contribution in [2.75, 3.05) is 11.9 Å². The molecule has 0 bridgehead atoms. The van der Waals surface area contributed by atoms with Gasteiger partial charge in [-0.2, -0.15) is 5.26 Å². The van der Waals surface area contributed by atoms with Crippen molar-refractivity contribution in [2.45, 2.75) is 25.9 Å². The molecule has 0 aliphatic carbocycles. The molecule has 0 aliphatic rings. The number of hydrogen-bond donors (Lipinski definition) is 1. The van der Waals surface area contributed by atoms with Gasteiger partial charge >= 0.3 is 0 Å². The fourth-order valence-corrected chi connectivity index (χ4v) is 1.98. The zero-order chi connectivity index (χ0) is 15.1. The maximum atomic E-state index is 9.34. The lowest BCUT2D eigenvalue weighted by Gasteiger charge is -2.16. The number of ether oxygens (including phenoxy) is 1. The Morgan fingerprint density at radius 3 is 2.62 bits per heavy atom. The van der Waals surface area contributed by atoms with E-state index in [0.717, 1.165) is 11.3 Å². The van der Waals surface area contributed by atoms with Crippen molar-refractivity contribution in [1.29, 1.82) is 5.26 Å². The minimum Gasteiger partial charge on any atom is -0.473 e. The molecule has 0 spiro atoms. The van der Waals surface area contributed by atoms with E-state index >= 15 is 0 Å². The molecule has 2 rings (SSSR count). The van der Waals surface area contributed by atoms with Crippen LogP contribution in [0.15, 0.2) is 48.7 Å². The highest BCUT2D eigenvalue weighted by Gasteiger charge is 2.12. The standard InChI is InChI=1S/C17H19N3O/c1-13(2)21-17-16(9-6-10-19-17)20-12-15(11-18)14-7-4-3-5-8-14/h3-10,13,15,20H,12H2,1-2H3. The summed E-state index contributed by atoms with van der Waals surface area (Å²) in [5, 5.41) is 12.6. The molecule has 0 saturated carbocycles. The maximum absolute atomic E-state index is 9.34. The van der Waals surface area contributed by atoms with Crippen LogP contribution < -0.4 is 10.1 Å². The van der Waals surface area contributed by atoms with Crippen LogP contribution in [0.1, 0.15) is 25.3 Å². The number of pyridine rings is 1. The van der Waals surface area contributed by atoms with Crippen molar-refractivity contribution in [2.24, 2.45) is 0 Å². The molecule has 1 aromatic heterocycles. The van der Waals surface area contributed by atoms with Crippen molar-refractivity contribution in [1.82, 2.24) is 4.98 Å². The highest BCUT2D eigenvalue weighted by Crippen LogP contribution is 2.23. The summed E-state index contributed by atoms with van der Waals surface area (Å²) in [6.45, 7) is 4.43. The Hall–Kier alpha value is -2.54. The van der Waals surface area contributed by atoms with E-state index in [2.05, 4.69) is 16.4 Å². The Balaban J connectivity index is 2.07. The molecule has 1 unspecified atom stereocenters. The third kappa shape index (κ3) is 4.22. The molecule has 4 nitrogen and oxygen atoms in total. The normalized spacial score (nSPS) is 11.7. The molecule has 1 N–H and O–H groups in total. The van der Waals surface area contributed by atoms with Crippen molar-refractivity contribution in [3.63, 3.8) is 0 Å². The van der Waals surface area contributed by atoms with Gasteiger partial charge in [0.2, 0.25) is 5.88 Å². The summed E-state index contributed by atoms with van der Waals surface area (Å²) in [5.74, 6) is 0.357. The number of nitrogens with one attached hydrogen (secondary N) is 1. The molecule has 1 aromatic carbocycles. The number of rotatable bonds is 6.